The molecule has 2 rings (SSSR count). The molecule has 1 aromatic heterocycles. The molecule has 0 aliphatic rings. The van der Waals surface area contributed by atoms with E-state index in [0.29, 0.717) is 11.5 Å². The molecule has 0 amide bonds. The third-order valence-electron chi connectivity index (χ3n) is 2.92. The summed E-state index contributed by atoms with van der Waals surface area (Å²) in [6.07, 6.45) is 0. The van der Waals surface area contributed by atoms with Crippen LogP contribution in [0.2, 0.25) is 0 Å². The molecule has 0 saturated carbocycles. The molecule has 0 radical (unpaired) electrons. The molecule has 0 fully saturated rings. The van der Waals surface area contributed by atoms with Crippen molar-refractivity contribution in [3.05, 3.63) is 46.8 Å². The molecule has 0 spiro atoms. The first-order chi connectivity index (χ1) is 9.81. The molecule has 0 saturated heterocycles. The third-order valence-corrected chi connectivity index (χ3v) is 4.47. The molecule has 0 atom stereocenters. The molecular formula is C13H14N2O5S. The lowest BCUT2D eigenvalue weighted by Crippen LogP contribution is -2.24. The molecule has 21 heavy (non-hydrogen) atoms. The van der Waals surface area contributed by atoms with E-state index < -0.39 is 16.0 Å². The van der Waals surface area contributed by atoms with Gasteiger partial charge in [0.05, 0.1) is 22.7 Å². The molecule has 0 aliphatic carbocycles. The normalized spacial score (nSPS) is 11.5. The van der Waals surface area contributed by atoms with Crippen LogP contribution in [-0.4, -0.2) is 24.7 Å². The van der Waals surface area contributed by atoms with Gasteiger partial charge in [0, 0.05) is 6.07 Å². The second kappa shape index (κ2) is 5.66. The zero-order valence-electron chi connectivity index (χ0n) is 11.5. The van der Waals surface area contributed by atoms with Crippen LogP contribution < -0.4 is 4.72 Å². The highest BCUT2D eigenvalue weighted by atomic mass is 32.2. The first-order valence-corrected chi connectivity index (χ1v) is 7.54. The highest BCUT2D eigenvalue weighted by Gasteiger charge is 2.20. The summed E-state index contributed by atoms with van der Waals surface area (Å²) in [4.78, 5) is 11.0. The maximum atomic E-state index is 12.2. The van der Waals surface area contributed by atoms with Crippen molar-refractivity contribution in [1.82, 2.24) is 9.88 Å². The molecule has 2 N–H and O–H groups in total. The topological polar surface area (TPSA) is 110 Å². The van der Waals surface area contributed by atoms with Crippen LogP contribution in [-0.2, 0) is 16.6 Å². The van der Waals surface area contributed by atoms with Gasteiger partial charge in [0.15, 0.2) is 0 Å². The largest absolute Gasteiger partial charge is 0.478 e. The SMILES string of the molecule is Cc1cc(CNS(=O)(=O)c2cccc(C(=O)O)c2C)no1. The fraction of sp³-hybridized carbons (Fsp3) is 0.231. The predicted octanol–water partition coefficient (Wildman–Crippen LogP) is 1.47. The monoisotopic (exact) mass is 310 g/mol. The maximum absolute atomic E-state index is 12.2. The van der Waals surface area contributed by atoms with E-state index in [0.717, 1.165) is 0 Å². The minimum absolute atomic E-state index is 0.0313. The number of hydrogen-bond donors (Lipinski definition) is 2. The number of benzene rings is 1. The molecule has 8 heteroatoms. The van der Waals surface area contributed by atoms with E-state index in [-0.39, 0.29) is 22.6 Å². The summed E-state index contributed by atoms with van der Waals surface area (Å²) in [5.41, 5.74) is 0.590. The number of aromatic nitrogens is 1. The van der Waals surface area contributed by atoms with Crippen molar-refractivity contribution in [2.24, 2.45) is 0 Å². The number of aromatic carboxylic acids is 1. The van der Waals surface area contributed by atoms with Gasteiger partial charge >= 0.3 is 5.97 Å². The van der Waals surface area contributed by atoms with Gasteiger partial charge in [0.25, 0.3) is 0 Å². The van der Waals surface area contributed by atoms with E-state index >= 15 is 0 Å². The Bertz CT molecular complexity index is 780. The Balaban J connectivity index is 2.27. The van der Waals surface area contributed by atoms with Crippen molar-refractivity contribution in [2.45, 2.75) is 25.3 Å². The summed E-state index contributed by atoms with van der Waals surface area (Å²) < 4.78 is 31.7. The molecule has 112 valence electrons. The van der Waals surface area contributed by atoms with Crippen LogP contribution in [0.15, 0.2) is 33.7 Å². The Morgan fingerprint density at radius 1 is 1.38 bits per heavy atom. The van der Waals surface area contributed by atoms with E-state index in [4.69, 9.17) is 9.63 Å². The van der Waals surface area contributed by atoms with E-state index in [9.17, 15) is 13.2 Å². The summed E-state index contributed by atoms with van der Waals surface area (Å²) >= 11 is 0. The van der Waals surface area contributed by atoms with Gasteiger partial charge < -0.3 is 9.63 Å². The molecule has 2 aromatic rings. The van der Waals surface area contributed by atoms with Crippen molar-refractivity contribution < 1.29 is 22.8 Å². The highest BCUT2D eigenvalue weighted by Crippen LogP contribution is 2.19. The molecule has 0 unspecified atom stereocenters. The molecule has 1 heterocycles. The molecule has 0 aliphatic heterocycles. The van der Waals surface area contributed by atoms with Crippen molar-refractivity contribution in [1.29, 1.82) is 0 Å². The van der Waals surface area contributed by atoms with Crippen molar-refractivity contribution in [3.8, 4) is 0 Å². The molecular weight excluding hydrogens is 296 g/mol. The summed E-state index contributed by atoms with van der Waals surface area (Å²) in [7, 11) is -3.83. The highest BCUT2D eigenvalue weighted by molar-refractivity contribution is 7.89. The molecule has 7 nitrogen and oxygen atoms in total. The Morgan fingerprint density at radius 2 is 2.10 bits per heavy atom. The lowest BCUT2D eigenvalue weighted by molar-refractivity contribution is 0.0696. The molecule has 1 aromatic carbocycles. The van der Waals surface area contributed by atoms with Gasteiger partial charge in [-0.3, -0.25) is 0 Å². The second-order valence-corrected chi connectivity index (χ2v) is 6.22. The average molecular weight is 310 g/mol. The second-order valence-electron chi connectivity index (χ2n) is 4.49. The van der Waals surface area contributed by atoms with E-state index in [1.54, 1.807) is 13.0 Å². The van der Waals surface area contributed by atoms with Crippen LogP contribution in [0.3, 0.4) is 0 Å². The van der Waals surface area contributed by atoms with E-state index in [2.05, 4.69) is 9.88 Å². The van der Waals surface area contributed by atoms with Gasteiger partial charge in [-0.25, -0.2) is 17.9 Å². The fourth-order valence-corrected chi connectivity index (χ4v) is 3.15. The zero-order chi connectivity index (χ0) is 15.6. The van der Waals surface area contributed by atoms with Crippen LogP contribution in [0.5, 0.6) is 0 Å². The maximum Gasteiger partial charge on any atom is 0.335 e. The fourth-order valence-electron chi connectivity index (χ4n) is 1.89. The quantitative estimate of drug-likeness (QED) is 0.865. The van der Waals surface area contributed by atoms with Gasteiger partial charge in [-0.05, 0) is 31.5 Å². The number of carbonyl (C=O) groups is 1. The Labute approximate surface area is 121 Å². The summed E-state index contributed by atoms with van der Waals surface area (Å²) in [6.45, 7) is 3.13. The Kier molecular flexibility index (Phi) is 4.10. The minimum atomic E-state index is -3.83. The standard InChI is InChI=1S/C13H14N2O5S/c1-8-6-10(15-20-8)7-14-21(18,19)12-5-3-4-11(9(12)2)13(16)17/h3-6,14H,7H2,1-2H3,(H,16,17). The number of hydrogen-bond acceptors (Lipinski definition) is 5. The number of carboxylic acids is 1. The van der Waals surface area contributed by atoms with Crippen LogP contribution in [0.1, 0.15) is 27.4 Å². The summed E-state index contributed by atoms with van der Waals surface area (Å²) in [5, 5.41) is 12.7. The summed E-state index contributed by atoms with van der Waals surface area (Å²) in [5.74, 6) is -0.593. The molecule has 0 bridgehead atoms. The van der Waals surface area contributed by atoms with Crippen molar-refractivity contribution in [3.63, 3.8) is 0 Å². The number of sulfonamides is 1. The zero-order valence-corrected chi connectivity index (χ0v) is 12.3. The smallest absolute Gasteiger partial charge is 0.335 e. The number of nitrogens with one attached hydrogen (secondary N) is 1. The van der Waals surface area contributed by atoms with Gasteiger partial charge in [-0.15, -0.1) is 0 Å². The van der Waals surface area contributed by atoms with Gasteiger partial charge in [0.2, 0.25) is 10.0 Å². The minimum Gasteiger partial charge on any atom is -0.478 e. The predicted molar refractivity (Wildman–Crippen MR) is 73.4 cm³/mol. The first-order valence-electron chi connectivity index (χ1n) is 6.06. The van der Waals surface area contributed by atoms with Crippen molar-refractivity contribution >= 4 is 16.0 Å². The van der Waals surface area contributed by atoms with Gasteiger partial charge in [-0.2, -0.15) is 0 Å². The number of nitrogens with zero attached hydrogens (tertiary/aromatic N) is 1. The lowest BCUT2D eigenvalue weighted by atomic mass is 10.1. The van der Waals surface area contributed by atoms with E-state index in [1.165, 1.54) is 25.1 Å². The van der Waals surface area contributed by atoms with Crippen LogP contribution in [0, 0.1) is 13.8 Å². The van der Waals surface area contributed by atoms with E-state index in [1.807, 2.05) is 0 Å². The Hall–Kier alpha value is -2.19. The first kappa shape index (κ1) is 15.2. The third kappa shape index (κ3) is 3.29. The van der Waals surface area contributed by atoms with Crippen LogP contribution >= 0.6 is 0 Å². The number of rotatable bonds is 5. The van der Waals surface area contributed by atoms with Gasteiger partial charge in [0.1, 0.15) is 5.76 Å². The number of carboxylic acid groups (broad SMARTS) is 1. The van der Waals surface area contributed by atoms with Gasteiger partial charge in [-0.1, -0.05) is 11.2 Å². The Morgan fingerprint density at radius 3 is 2.67 bits per heavy atom. The van der Waals surface area contributed by atoms with Crippen LogP contribution in [0.25, 0.3) is 0 Å². The van der Waals surface area contributed by atoms with Crippen LogP contribution in [0.4, 0.5) is 0 Å². The average Bonchev–Trinajstić information content (AvgIpc) is 2.82. The summed E-state index contributed by atoms with van der Waals surface area (Å²) in [6, 6.07) is 5.73. The number of aryl methyl sites for hydroxylation is 1. The van der Waals surface area contributed by atoms with Crippen molar-refractivity contribution in [2.75, 3.05) is 0 Å². The lowest BCUT2D eigenvalue weighted by Gasteiger charge is -2.10.